The molecule has 23 heavy (non-hydrogen) atoms. The third-order valence-corrected chi connectivity index (χ3v) is 4.44. The number of benzene rings is 1. The number of rotatable bonds is 5. The molecule has 118 valence electrons. The third-order valence-electron chi connectivity index (χ3n) is 4.44. The molecule has 0 saturated heterocycles. The van der Waals surface area contributed by atoms with Gasteiger partial charge in [0.15, 0.2) is 0 Å². The molecule has 0 fully saturated rings. The summed E-state index contributed by atoms with van der Waals surface area (Å²) >= 11 is 0. The van der Waals surface area contributed by atoms with E-state index in [1.165, 1.54) is 0 Å². The lowest BCUT2D eigenvalue weighted by Gasteiger charge is -2.18. The normalized spacial score (nSPS) is 15.4. The van der Waals surface area contributed by atoms with Gasteiger partial charge in [-0.25, -0.2) is 0 Å². The van der Waals surface area contributed by atoms with Gasteiger partial charge in [0, 0.05) is 36.3 Å². The van der Waals surface area contributed by atoms with Crippen LogP contribution in [-0.2, 0) is 0 Å². The number of pyridine rings is 1. The van der Waals surface area contributed by atoms with Gasteiger partial charge in [0.1, 0.15) is 0 Å². The van der Waals surface area contributed by atoms with Gasteiger partial charge in [0.2, 0.25) is 0 Å². The number of fused-ring (bicyclic) bond motifs is 1. The number of allylic oxidation sites excluding steroid dienone is 2. The Labute approximate surface area is 136 Å². The van der Waals surface area contributed by atoms with Crippen LogP contribution in [0, 0.1) is 11.3 Å². The lowest BCUT2D eigenvalue weighted by atomic mass is 10.0. The van der Waals surface area contributed by atoms with Crippen LogP contribution < -0.4 is 10.9 Å². The highest BCUT2D eigenvalue weighted by atomic mass is 16.1. The van der Waals surface area contributed by atoms with Crippen LogP contribution >= 0.6 is 0 Å². The van der Waals surface area contributed by atoms with Crippen molar-refractivity contribution in [3.63, 3.8) is 0 Å². The Morgan fingerprint density at radius 2 is 2.13 bits per heavy atom. The molecule has 1 aromatic heterocycles. The predicted octanol–water partition coefficient (Wildman–Crippen LogP) is 3.59. The van der Waals surface area contributed by atoms with Crippen molar-refractivity contribution in [1.29, 1.82) is 5.26 Å². The highest BCUT2D eigenvalue weighted by Crippen LogP contribution is 2.26. The molecule has 0 amide bonds. The van der Waals surface area contributed by atoms with Gasteiger partial charge in [-0.2, -0.15) is 5.26 Å². The smallest absolute Gasteiger partial charge is 0.262 e. The predicted molar refractivity (Wildman–Crippen MR) is 93.0 cm³/mol. The van der Waals surface area contributed by atoms with E-state index < -0.39 is 0 Å². The average molecular weight is 307 g/mol. The molecule has 0 bridgehead atoms. The summed E-state index contributed by atoms with van der Waals surface area (Å²) < 4.78 is 1.81. The van der Waals surface area contributed by atoms with Crippen LogP contribution in [0.1, 0.15) is 44.2 Å². The Morgan fingerprint density at radius 1 is 1.35 bits per heavy atom. The third kappa shape index (κ3) is 3.06. The molecule has 1 heterocycles. The average Bonchev–Trinajstić information content (AvgIpc) is 3.10. The minimum atomic E-state index is 0.0572. The van der Waals surface area contributed by atoms with Crippen molar-refractivity contribution in [1.82, 2.24) is 9.88 Å². The van der Waals surface area contributed by atoms with Crippen LogP contribution in [-0.4, -0.2) is 11.1 Å². The van der Waals surface area contributed by atoms with Crippen LogP contribution in [0.4, 0.5) is 0 Å². The van der Waals surface area contributed by atoms with Crippen molar-refractivity contribution < 1.29 is 0 Å². The van der Waals surface area contributed by atoms with Gasteiger partial charge < -0.3 is 5.32 Å². The first-order valence-corrected chi connectivity index (χ1v) is 8.16. The van der Waals surface area contributed by atoms with Crippen LogP contribution in [0.5, 0.6) is 0 Å². The summed E-state index contributed by atoms with van der Waals surface area (Å²) in [6, 6.07) is 10.0. The van der Waals surface area contributed by atoms with Gasteiger partial charge >= 0.3 is 0 Å². The van der Waals surface area contributed by atoms with Crippen LogP contribution in [0.15, 0.2) is 41.3 Å². The summed E-state index contributed by atoms with van der Waals surface area (Å²) in [6.45, 7) is 2.73. The zero-order valence-corrected chi connectivity index (χ0v) is 13.4. The molecular formula is C19H21N3O. The summed E-state index contributed by atoms with van der Waals surface area (Å²) in [5.74, 6) is 0. The topological polar surface area (TPSA) is 57.8 Å². The summed E-state index contributed by atoms with van der Waals surface area (Å²) in [6.07, 6.45) is 7.72. The summed E-state index contributed by atoms with van der Waals surface area (Å²) in [4.78, 5) is 12.8. The van der Waals surface area contributed by atoms with Crippen molar-refractivity contribution in [2.75, 3.05) is 6.54 Å². The maximum absolute atomic E-state index is 12.8. The molecule has 1 unspecified atom stereocenters. The molecule has 1 aromatic carbocycles. The van der Waals surface area contributed by atoms with E-state index in [9.17, 15) is 4.79 Å². The molecule has 1 aliphatic rings. The molecule has 4 nitrogen and oxygen atoms in total. The van der Waals surface area contributed by atoms with Gasteiger partial charge in [-0.05, 0) is 43.2 Å². The fraction of sp³-hybridized carbons (Fsp3) is 0.368. The largest absolute Gasteiger partial charge is 0.309 e. The monoisotopic (exact) mass is 307 g/mol. The van der Waals surface area contributed by atoms with Gasteiger partial charge in [-0.1, -0.05) is 24.3 Å². The Balaban J connectivity index is 2.10. The first-order valence-electron chi connectivity index (χ1n) is 8.16. The molecule has 2 aromatic rings. The van der Waals surface area contributed by atoms with E-state index in [-0.39, 0.29) is 11.6 Å². The maximum Gasteiger partial charge on any atom is 0.262 e. The van der Waals surface area contributed by atoms with Gasteiger partial charge in [0.25, 0.3) is 5.56 Å². The number of hydrogen-bond acceptors (Lipinski definition) is 3. The first kappa shape index (κ1) is 15.5. The molecule has 0 saturated carbocycles. The molecule has 1 N–H and O–H groups in total. The van der Waals surface area contributed by atoms with E-state index in [0.29, 0.717) is 13.0 Å². The second kappa shape index (κ2) is 6.80. The zero-order chi connectivity index (χ0) is 16.2. The standard InChI is InChI=1S/C19H21N3O/c1-14(21-12-6-11-20)18-13-22(15-7-2-3-8-15)19(23)17-10-5-4-9-16(17)18/h4-5,7,9-10,13-14,21H,2-3,6,8,12H2,1H3. The highest BCUT2D eigenvalue weighted by Gasteiger charge is 2.16. The minimum Gasteiger partial charge on any atom is -0.309 e. The molecule has 3 rings (SSSR count). The zero-order valence-electron chi connectivity index (χ0n) is 13.4. The molecule has 1 atom stereocenters. The van der Waals surface area contributed by atoms with Gasteiger partial charge in [-0.3, -0.25) is 9.36 Å². The number of hydrogen-bond donors (Lipinski definition) is 1. The van der Waals surface area contributed by atoms with Crippen molar-refractivity contribution in [2.24, 2.45) is 0 Å². The molecule has 1 aliphatic carbocycles. The Hall–Kier alpha value is -2.38. The number of nitriles is 1. The lowest BCUT2D eigenvalue weighted by molar-refractivity contribution is 0.583. The highest BCUT2D eigenvalue weighted by molar-refractivity contribution is 5.85. The Morgan fingerprint density at radius 3 is 2.83 bits per heavy atom. The minimum absolute atomic E-state index is 0.0572. The number of nitrogens with zero attached hydrogens (tertiary/aromatic N) is 2. The van der Waals surface area contributed by atoms with E-state index in [1.54, 1.807) is 0 Å². The Bertz CT molecular complexity index is 842. The van der Waals surface area contributed by atoms with E-state index in [1.807, 2.05) is 35.0 Å². The summed E-state index contributed by atoms with van der Waals surface area (Å²) in [5, 5.41) is 13.8. The van der Waals surface area contributed by atoms with Gasteiger partial charge in [0.05, 0.1) is 6.07 Å². The summed E-state index contributed by atoms with van der Waals surface area (Å²) in [7, 11) is 0. The number of aromatic nitrogens is 1. The molecule has 0 aliphatic heterocycles. The second-order valence-electron chi connectivity index (χ2n) is 5.98. The fourth-order valence-electron chi connectivity index (χ4n) is 3.20. The lowest BCUT2D eigenvalue weighted by Crippen LogP contribution is -2.24. The van der Waals surface area contributed by atoms with Crippen LogP contribution in [0.2, 0.25) is 0 Å². The second-order valence-corrected chi connectivity index (χ2v) is 5.98. The Kier molecular flexibility index (Phi) is 4.59. The molecule has 0 spiro atoms. The van der Waals surface area contributed by atoms with E-state index in [0.717, 1.165) is 41.3 Å². The van der Waals surface area contributed by atoms with E-state index in [2.05, 4.69) is 24.4 Å². The SMILES string of the molecule is CC(NCCC#N)c1cn(C2=CCCC2)c(=O)c2ccccc12. The first-order chi connectivity index (χ1) is 11.2. The van der Waals surface area contributed by atoms with Crippen LogP contribution in [0.25, 0.3) is 16.5 Å². The fourth-order valence-corrected chi connectivity index (χ4v) is 3.20. The van der Waals surface area contributed by atoms with Crippen LogP contribution in [0.3, 0.4) is 0 Å². The maximum atomic E-state index is 12.8. The van der Waals surface area contributed by atoms with Gasteiger partial charge in [-0.15, -0.1) is 0 Å². The number of nitrogens with one attached hydrogen (secondary N) is 1. The van der Waals surface area contributed by atoms with Crippen molar-refractivity contribution in [3.05, 3.63) is 52.5 Å². The molecular weight excluding hydrogens is 286 g/mol. The van der Waals surface area contributed by atoms with E-state index >= 15 is 0 Å². The van der Waals surface area contributed by atoms with Crippen molar-refractivity contribution in [2.45, 2.75) is 38.6 Å². The quantitative estimate of drug-likeness (QED) is 0.859. The molecule has 4 heteroatoms. The van der Waals surface area contributed by atoms with Crippen molar-refractivity contribution >= 4 is 16.5 Å². The van der Waals surface area contributed by atoms with Crippen molar-refractivity contribution in [3.8, 4) is 6.07 Å². The van der Waals surface area contributed by atoms with E-state index in [4.69, 9.17) is 5.26 Å². The molecule has 0 radical (unpaired) electrons. The summed E-state index contributed by atoms with van der Waals surface area (Å²) in [5.41, 5.74) is 2.26.